The third kappa shape index (κ3) is 4.33. The summed E-state index contributed by atoms with van der Waals surface area (Å²) in [6, 6.07) is 10.7. The minimum absolute atomic E-state index is 0.185. The molecule has 1 fully saturated rings. The number of hydrogen-bond acceptors (Lipinski definition) is 6. The van der Waals surface area contributed by atoms with Crippen LogP contribution in [-0.4, -0.2) is 46.3 Å². The van der Waals surface area contributed by atoms with Gasteiger partial charge in [-0.3, -0.25) is 4.57 Å². The molecule has 0 aliphatic carbocycles. The molecule has 3 rings (SSSR count). The van der Waals surface area contributed by atoms with Gasteiger partial charge in [0, 0.05) is 19.6 Å². The van der Waals surface area contributed by atoms with E-state index in [1.54, 1.807) is 0 Å². The van der Waals surface area contributed by atoms with Gasteiger partial charge in [-0.1, -0.05) is 41.6 Å². The number of nitrogens with zero attached hydrogens (tertiary/aromatic N) is 5. The predicted octanol–water partition coefficient (Wildman–Crippen LogP) is 2.67. The molecule has 2 heterocycles. The molecule has 0 saturated carbocycles. The normalized spacial score (nSPS) is 15.8. The molecular weight excluding hydrogens is 334 g/mol. The smallest absolute Gasteiger partial charge is 0.228 e. The second-order valence-corrected chi connectivity index (χ2v) is 7.22. The standard InChI is InChI=1S/C18H23N5OS/c1-3-23-17(22-8-10-24-11-9-22)20-21-18(23)25-16(13-19)12-15-6-4-14(2)5-7-15/h4-7,16H,3,8-12H2,1-2H3. The fourth-order valence-electron chi connectivity index (χ4n) is 2.82. The number of thioether (sulfide) groups is 1. The zero-order valence-corrected chi connectivity index (χ0v) is 15.5. The summed E-state index contributed by atoms with van der Waals surface area (Å²) in [5.41, 5.74) is 2.39. The SMILES string of the molecule is CCn1c(SC(C#N)Cc2ccc(C)cc2)nnc1N1CCOCC1. The summed E-state index contributed by atoms with van der Waals surface area (Å²) in [4.78, 5) is 2.20. The van der Waals surface area contributed by atoms with Crippen molar-refractivity contribution >= 4 is 17.7 Å². The van der Waals surface area contributed by atoms with Gasteiger partial charge in [0.2, 0.25) is 5.95 Å². The van der Waals surface area contributed by atoms with Crippen molar-refractivity contribution < 1.29 is 4.74 Å². The molecule has 25 heavy (non-hydrogen) atoms. The molecule has 132 valence electrons. The molecule has 1 aliphatic heterocycles. The molecule has 1 aromatic heterocycles. The quantitative estimate of drug-likeness (QED) is 0.741. The Bertz CT molecular complexity index is 731. The third-order valence-corrected chi connectivity index (χ3v) is 5.31. The van der Waals surface area contributed by atoms with Crippen LogP contribution in [0.1, 0.15) is 18.1 Å². The van der Waals surface area contributed by atoms with Crippen LogP contribution < -0.4 is 4.90 Å². The monoisotopic (exact) mass is 357 g/mol. The van der Waals surface area contributed by atoms with E-state index in [1.807, 2.05) is 0 Å². The van der Waals surface area contributed by atoms with Crippen molar-refractivity contribution in [3.05, 3.63) is 35.4 Å². The maximum Gasteiger partial charge on any atom is 0.228 e. The highest BCUT2D eigenvalue weighted by Gasteiger charge is 2.22. The van der Waals surface area contributed by atoms with Crippen LogP contribution in [0.4, 0.5) is 5.95 Å². The van der Waals surface area contributed by atoms with Crippen LogP contribution in [0.2, 0.25) is 0 Å². The lowest BCUT2D eigenvalue weighted by atomic mass is 10.1. The van der Waals surface area contributed by atoms with E-state index in [4.69, 9.17) is 4.74 Å². The second kappa shape index (κ2) is 8.37. The van der Waals surface area contributed by atoms with Crippen LogP contribution in [-0.2, 0) is 17.7 Å². The fourth-order valence-corrected chi connectivity index (χ4v) is 3.83. The van der Waals surface area contributed by atoms with Crippen LogP contribution >= 0.6 is 11.8 Å². The van der Waals surface area contributed by atoms with Crippen LogP contribution in [0, 0.1) is 18.3 Å². The van der Waals surface area contributed by atoms with E-state index < -0.39 is 0 Å². The number of hydrogen-bond donors (Lipinski definition) is 0. The molecule has 1 saturated heterocycles. The molecule has 0 N–H and O–H groups in total. The zero-order valence-electron chi connectivity index (χ0n) is 14.7. The van der Waals surface area contributed by atoms with Gasteiger partial charge in [-0.2, -0.15) is 5.26 Å². The van der Waals surface area contributed by atoms with Gasteiger partial charge in [0.1, 0.15) is 5.25 Å². The number of rotatable bonds is 6. The Morgan fingerprint density at radius 2 is 1.96 bits per heavy atom. The average Bonchev–Trinajstić information content (AvgIpc) is 3.06. The van der Waals surface area contributed by atoms with E-state index in [1.165, 1.54) is 22.9 Å². The van der Waals surface area contributed by atoms with Crippen molar-refractivity contribution in [2.75, 3.05) is 31.2 Å². The number of nitriles is 1. The number of anilines is 1. The zero-order chi connectivity index (χ0) is 17.6. The highest BCUT2D eigenvalue weighted by atomic mass is 32.2. The molecule has 1 atom stereocenters. The molecule has 0 amide bonds. The number of aromatic nitrogens is 3. The first-order valence-electron chi connectivity index (χ1n) is 8.59. The molecule has 2 aromatic rings. The second-order valence-electron chi connectivity index (χ2n) is 6.05. The fraction of sp³-hybridized carbons (Fsp3) is 0.500. The summed E-state index contributed by atoms with van der Waals surface area (Å²) in [6.07, 6.45) is 0.699. The van der Waals surface area contributed by atoms with Crippen molar-refractivity contribution in [1.29, 1.82) is 5.26 Å². The highest BCUT2D eigenvalue weighted by Crippen LogP contribution is 2.27. The van der Waals surface area contributed by atoms with Crippen LogP contribution in [0.15, 0.2) is 29.4 Å². The molecule has 1 aromatic carbocycles. The number of ether oxygens (including phenoxy) is 1. The predicted molar refractivity (Wildman–Crippen MR) is 98.9 cm³/mol. The Hall–Kier alpha value is -2.04. The van der Waals surface area contributed by atoms with Crippen molar-refractivity contribution in [2.24, 2.45) is 0 Å². The van der Waals surface area contributed by atoms with E-state index in [0.717, 1.165) is 30.7 Å². The number of aryl methyl sites for hydroxylation is 1. The van der Waals surface area contributed by atoms with E-state index >= 15 is 0 Å². The first-order chi connectivity index (χ1) is 12.2. The van der Waals surface area contributed by atoms with Crippen LogP contribution in [0.3, 0.4) is 0 Å². The molecule has 6 nitrogen and oxygen atoms in total. The molecular formula is C18H23N5OS. The summed E-state index contributed by atoms with van der Waals surface area (Å²) in [5.74, 6) is 0.875. The largest absolute Gasteiger partial charge is 0.378 e. The van der Waals surface area contributed by atoms with Crippen molar-refractivity contribution in [1.82, 2.24) is 14.8 Å². The maximum atomic E-state index is 9.57. The maximum absolute atomic E-state index is 9.57. The van der Waals surface area contributed by atoms with Gasteiger partial charge >= 0.3 is 0 Å². The van der Waals surface area contributed by atoms with Gasteiger partial charge in [0.25, 0.3) is 0 Å². The summed E-state index contributed by atoms with van der Waals surface area (Å²) >= 11 is 1.49. The Kier molecular flexibility index (Phi) is 5.95. The van der Waals surface area contributed by atoms with Gasteiger partial charge in [-0.05, 0) is 25.8 Å². The Labute approximate surface area is 152 Å². The van der Waals surface area contributed by atoms with Gasteiger partial charge in [-0.15, -0.1) is 10.2 Å². The minimum Gasteiger partial charge on any atom is -0.378 e. The van der Waals surface area contributed by atoms with Crippen molar-refractivity contribution in [2.45, 2.75) is 37.2 Å². The van der Waals surface area contributed by atoms with Gasteiger partial charge < -0.3 is 9.64 Å². The summed E-state index contributed by atoms with van der Waals surface area (Å²) in [5, 5.41) is 18.9. The van der Waals surface area contributed by atoms with Crippen molar-refractivity contribution in [3.8, 4) is 6.07 Å². The molecule has 1 aliphatic rings. The molecule has 7 heteroatoms. The van der Waals surface area contributed by atoms with Gasteiger partial charge in [0.15, 0.2) is 5.16 Å². The highest BCUT2D eigenvalue weighted by molar-refractivity contribution is 8.00. The molecule has 0 radical (unpaired) electrons. The van der Waals surface area contributed by atoms with E-state index in [9.17, 15) is 5.26 Å². The Morgan fingerprint density at radius 3 is 2.60 bits per heavy atom. The Morgan fingerprint density at radius 1 is 1.24 bits per heavy atom. The number of morpholine rings is 1. The van der Waals surface area contributed by atoms with E-state index in [-0.39, 0.29) is 5.25 Å². The molecule has 0 bridgehead atoms. The molecule has 1 unspecified atom stereocenters. The lowest BCUT2D eigenvalue weighted by Gasteiger charge is -2.27. The summed E-state index contributed by atoms with van der Waals surface area (Å²) < 4.78 is 7.50. The van der Waals surface area contributed by atoms with E-state index in [0.29, 0.717) is 19.6 Å². The lowest BCUT2D eigenvalue weighted by molar-refractivity contribution is 0.121. The van der Waals surface area contributed by atoms with Crippen LogP contribution in [0.25, 0.3) is 0 Å². The number of benzene rings is 1. The minimum atomic E-state index is -0.185. The van der Waals surface area contributed by atoms with Crippen molar-refractivity contribution in [3.63, 3.8) is 0 Å². The van der Waals surface area contributed by atoms with E-state index in [2.05, 4.69) is 63.8 Å². The summed E-state index contributed by atoms with van der Waals surface area (Å²) in [7, 11) is 0. The average molecular weight is 357 g/mol. The molecule has 0 spiro atoms. The topological polar surface area (TPSA) is 67.0 Å². The van der Waals surface area contributed by atoms with Gasteiger partial charge in [-0.25, -0.2) is 0 Å². The first kappa shape index (κ1) is 17.8. The summed E-state index contributed by atoms with van der Waals surface area (Å²) in [6.45, 7) is 8.02. The lowest BCUT2D eigenvalue weighted by Crippen LogP contribution is -2.38. The van der Waals surface area contributed by atoms with Gasteiger partial charge in [0.05, 0.1) is 19.3 Å². The Balaban J connectivity index is 1.73. The third-order valence-electron chi connectivity index (χ3n) is 4.24. The van der Waals surface area contributed by atoms with Crippen LogP contribution in [0.5, 0.6) is 0 Å². The first-order valence-corrected chi connectivity index (χ1v) is 9.47.